The molecule has 2 nitrogen and oxygen atoms in total. The molecule has 164 valence electrons. The molecule has 1 unspecified atom stereocenters. The fourth-order valence-electron chi connectivity index (χ4n) is 8.50. The van der Waals surface area contributed by atoms with E-state index in [0.29, 0.717) is 29.0 Å². The summed E-state index contributed by atoms with van der Waals surface area (Å²) in [4.78, 5) is 12.0. The maximum atomic E-state index is 12.0. The van der Waals surface area contributed by atoms with E-state index in [-0.39, 0.29) is 11.5 Å². The topological polar surface area (TPSA) is 37.3 Å². The Morgan fingerprint density at radius 1 is 1.00 bits per heavy atom. The highest BCUT2D eigenvalue weighted by molar-refractivity contribution is 5.91. The van der Waals surface area contributed by atoms with Crippen molar-refractivity contribution in [3.63, 3.8) is 0 Å². The Bertz CT molecular complexity index is 663. The smallest absolute Gasteiger partial charge is 0.155 e. The third-order valence-corrected chi connectivity index (χ3v) is 10.3. The number of rotatable bonds is 5. The Hall–Kier alpha value is -0.630. The van der Waals surface area contributed by atoms with Gasteiger partial charge < -0.3 is 5.11 Å². The quantitative estimate of drug-likeness (QED) is 0.567. The molecule has 0 aromatic heterocycles. The summed E-state index contributed by atoms with van der Waals surface area (Å²) < 4.78 is 0. The molecule has 4 rings (SSSR count). The Balaban J connectivity index is 1.52. The zero-order valence-electron chi connectivity index (χ0n) is 19.5. The lowest BCUT2D eigenvalue weighted by molar-refractivity contribution is -0.117. The van der Waals surface area contributed by atoms with Crippen LogP contribution in [0.4, 0.5) is 0 Å². The Labute approximate surface area is 178 Å². The summed E-state index contributed by atoms with van der Waals surface area (Å²) in [5, 5.41) is 10.9. The number of allylic oxidation sites excluding steroid dienone is 1. The highest BCUT2D eigenvalue weighted by Gasteiger charge is 2.59. The van der Waals surface area contributed by atoms with E-state index in [9.17, 15) is 9.90 Å². The summed E-state index contributed by atoms with van der Waals surface area (Å²) in [6.45, 7) is 11.9. The standard InChI is InChI=1S/C27H44O2/c1-17(2)6-11-25(29)18(3)22-9-10-23-21-8-7-19-16-20(28)12-14-26(19,4)24(21)13-15-27(22,23)5/h16-18,21-25,29H,6-15H2,1-5H3/t18-,21-,22+,23-,24-,25?,26-,27+/m0/s1. The van der Waals surface area contributed by atoms with Gasteiger partial charge in [-0.15, -0.1) is 0 Å². The maximum Gasteiger partial charge on any atom is 0.155 e. The van der Waals surface area contributed by atoms with Crippen molar-refractivity contribution in [2.24, 2.45) is 46.3 Å². The van der Waals surface area contributed by atoms with Crippen LogP contribution in [0.25, 0.3) is 0 Å². The first-order valence-electron chi connectivity index (χ1n) is 12.6. The molecule has 0 spiro atoms. The van der Waals surface area contributed by atoms with Crippen LogP contribution in [0, 0.1) is 46.3 Å². The van der Waals surface area contributed by atoms with Gasteiger partial charge in [0.2, 0.25) is 0 Å². The molecular weight excluding hydrogens is 356 g/mol. The van der Waals surface area contributed by atoms with Gasteiger partial charge in [-0.3, -0.25) is 4.79 Å². The number of hydrogen-bond donors (Lipinski definition) is 1. The first-order valence-corrected chi connectivity index (χ1v) is 12.6. The molecule has 0 bridgehead atoms. The predicted molar refractivity (Wildman–Crippen MR) is 119 cm³/mol. The first-order chi connectivity index (χ1) is 13.7. The molecule has 0 aromatic rings. The zero-order valence-corrected chi connectivity index (χ0v) is 19.5. The van der Waals surface area contributed by atoms with Gasteiger partial charge in [0.1, 0.15) is 0 Å². The highest BCUT2D eigenvalue weighted by Crippen LogP contribution is 2.67. The fraction of sp³-hybridized carbons (Fsp3) is 0.889. The van der Waals surface area contributed by atoms with Crippen LogP contribution in [0.3, 0.4) is 0 Å². The van der Waals surface area contributed by atoms with E-state index < -0.39 is 0 Å². The molecule has 2 heteroatoms. The molecule has 0 saturated heterocycles. The van der Waals surface area contributed by atoms with Gasteiger partial charge in [-0.1, -0.05) is 40.2 Å². The maximum absolute atomic E-state index is 12.0. The number of ketones is 1. The predicted octanol–water partition coefficient (Wildman–Crippen LogP) is 6.57. The number of aliphatic hydroxyl groups is 1. The molecule has 0 radical (unpaired) electrons. The normalized spacial score (nSPS) is 44.0. The van der Waals surface area contributed by atoms with Crippen molar-refractivity contribution in [2.75, 3.05) is 0 Å². The third-order valence-electron chi connectivity index (χ3n) is 10.3. The lowest BCUT2D eigenvalue weighted by atomic mass is 9.46. The number of hydrogen-bond acceptors (Lipinski definition) is 2. The average Bonchev–Trinajstić information content (AvgIpc) is 3.03. The molecule has 0 amide bonds. The molecule has 3 saturated carbocycles. The fourth-order valence-corrected chi connectivity index (χ4v) is 8.50. The summed E-state index contributed by atoms with van der Waals surface area (Å²) in [6.07, 6.45) is 13.6. The molecule has 0 heterocycles. The number of carbonyl (C=O) groups excluding carboxylic acids is 1. The van der Waals surface area contributed by atoms with E-state index in [1.165, 1.54) is 37.7 Å². The second kappa shape index (κ2) is 7.81. The van der Waals surface area contributed by atoms with E-state index in [1.54, 1.807) is 0 Å². The van der Waals surface area contributed by atoms with E-state index in [0.717, 1.165) is 49.9 Å². The van der Waals surface area contributed by atoms with E-state index in [1.807, 2.05) is 6.08 Å². The van der Waals surface area contributed by atoms with Gasteiger partial charge in [0.05, 0.1) is 6.10 Å². The first kappa shape index (κ1) is 21.6. The van der Waals surface area contributed by atoms with Crippen molar-refractivity contribution >= 4 is 5.78 Å². The second-order valence-corrected chi connectivity index (χ2v) is 12.1. The monoisotopic (exact) mass is 400 g/mol. The SMILES string of the molecule is CC(C)CCC(O)[C@@H](C)[C@H]1CC[C@H]2[C@@H]3CCC4=CC(=O)CC[C@]4(C)[C@H]3CC[C@]12C. The summed E-state index contributed by atoms with van der Waals surface area (Å²) in [5.74, 6) is 4.55. The number of carbonyl (C=O) groups is 1. The summed E-state index contributed by atoms with van der Waals surface area (Å²) in [5.41, 5.74) is 2.16. The van der Waals surface area contributed by atoms with Crippen LogP contribution in [0.2, 0.25) is 0 Å². The zero-order chi connectivity index (χ0) is 21.0. The summed E-state index contributed by atoms with van der Waals surface area (Å²) in [6, 6.07) is 0. The molecule has 3 fully saturated rings. The van der Waals surface area contributed by atoms with Crippen molar-refractivity contribution < 1.29 is 9.90 Å². The van der Waals surface area contributed by atoms with Crippen LogP contribution in [0.1, 0.15) is 98.8 Å². The molecule has 4 aliphatic carbocycles. The van der Waals surface area contributed by atoms with Gasteiger partial charge in [-0.25, -0.2) is 0 Å². The van der Waals surface area contributed by atoms with Gasteiger partial charge in [-0.05, 0) is 110 Å². The van der Waals surface area contributed by atoms with E-state index in [2.05, 4.69) is 34.6 Å². The van der Waals surface area contributed by atoms with Crippen LogP contribution in [-0.4, -0.2) is 17.0 Å². The minimum absolute atomic E-state index is 0.140. The number of aliphatic hydroxyl groups excluding tert-OH is 1. The molecule has 0 aromatic carbocycles. The second-order valence-electron chi connectivity index (χ2n) is 12.1. The van der Waals surface area contributed by atoms with E-state index in [4.69, 9.17) is 0 Å². The van der Waals surface area contributed by atoms with Crippen LogP contribution in [-0.2, 0) is 4.79 Å². The largest absolute Gasteiger partial charge is 0.393 e. The summed E-state index contributed by atoms with van der Waals surface area (Å²) >= 11 is 0. The van der Waals surface area contributed by atoms with Gasteiger partial charge >= 0.3 is 0 Å². The van der Waals surface area contributed by atoms with E-state index >= 15 is 0 Å². The van der Waals surface area contributed by atoms with Crippen molar-refractivity contribution in [3.05, 3.63) is 11.6 Å². The molecule has 0 aliphatic heterocycles. The average molecular weight is 401 g/mol. The minimum atomic E-state index is -0.140. The van der Waals surface area contributed by atoms with Crippen LogP contribution in [0.15, 0.2) is 11.6 Å². The Kier molecular flexibility index (Phi) is 5.82. The lowest BCUT2D eigenvalue weighted by Gasteiger charge is -2.58. The van der Waals surface area contributed by atoms with Gasteiger partial charge in [0.25, 0.3) is 0 Å². The van der Waals surface area contributed by atoms with Crippen molar-refractivity contribution in [3.8, 4) is 0 Å². The summed E-state index contributed by atoms with van der Waals surface area (Å²) in [7, 11) is 0. The Morgan fingerprint density at radius 3 is 2.48 bits per heavy atom. The Morgan fingerprint density at radius 2 is 1.76 bits per heavy atom. The minimum Gasteiger partial charge on any atom is -0.393 e. The van der Waals surface area contributed by atoms with Crippen molar-refractivity contribution in [1.29, 1.82) is 0 Å². The van der Waals surface area contributed by atoms with Crippen molar-refractivity contribution in [2.45, 2.75) is 105 Å². The highest BCUT2D eigenvalue weighted by atomic mass is 16.3. The van der Waals surface area contributed by atoms with Gasteiger partial charge in [0, 0.05) is 6.42 Å². The molecular formula is C27H44O2. The molecule has 8 atom stereocenters. The van der Waals surface area contributed by atoms with Crippen LogP contribution >= 0.6 is 0 Å². The van der Waals surface area contributed by atoms with Crippen LogP contribution < -0.4 is 0 Å². The molecule has 29 heavy (non-hydrogen) atoms. The lowest BCUT2D eigenvalue weighted by Crippen LogP contribution is -2.51. The van der Waals surface area contributed by atoms with Gasteiger partial charge in [0.15, 0.2) is 5.78 Å². The number of fused-ring (bicyclic) bond motifs is 5. The third kappa shape index (κ3) is 3.56. The molecule has 1 N–H and O–H groups in total. The van der Waals surface area contributed by atoms with Crippen LogP contribution in [0.5, 0.6) is 0 Å². The van der Waals surface area contributed by atoms with Gasteiger partial charge in [-0.2, -0.15) is 0 Å². The molecule has 4 aliphatic rings. The van der Waals surface area contributed by atoms with Crippen molar-refractivity contribution in [1.82, 2.24) is 0 Å².